The molecule has 0 aliphatic rings. The fourth-order valence-corrected chi connectivity index (χ4v) is 4.35. The second kappa shape index (κ2) is 16.1. The van der Waals surface area contributed by atoms with Gasteiger partial charge in [0, 0.05) is 18.6 Å². The maximum Gasteiger partial charge on any atom is 0.118 e. The van der Waals surface area contributed by atoms with Crippen molar-refractivity contribution < 1.29 is 0 Å². The van der Waals surface area contributed by atoms with Crippen LogP contribution in [-0.2, 0) is 0 Å². The molecule has 0 unspecified atom stereocenters. The Balaban J connectivity index is 0.000000142. The molecule has 0 atom stereocenters. The van der Waals surface area contributed by atoms with Gasteiger partial charge in [0.2, 0.25) is 0 Å². The quantitative estimate of drug-likeness (QED) is 0.159. The molecule has 9 heterocycles. The molecule has 3 N–H and O–H groups in total. The molecule has 0 saturated carbocycles. The molecule has 0 aliphatic heterocycles. The highest BCUT2D eigenvalue weighted by atomic mass is 14.9. The summed E-state index contributed by atoms with van der Waals surface area (Å²) < 4.78 is 0. The van der Waals surface area contributed by atoms with E-state index in [9.17, 15) is 0 Å². The number of hydrogen-bond acceptors (Lipinski definition) is 9. The van der Waals surface area contributed by atoms with Gasteiger partial charge in [0.15, 0.2) is 0 Å². The van der Waals surface area contributed by atoms with Crippen molar-refractivity contribution in [3.63, 3.8) is 0 Å². The van der Waals surface area contributed by atoms with E-state index in [2.05, 4.69) is 59.8 Å². The summed E-state index contributed by atoms with van der Waals surface area (Å²) >= 11 is 0. The van der Waals surface area contributed by atoms with Crippen molar-refractivity contribution >= 4 is 66.2 Å². The number of aromatic nitrogens is 12. The molecule has 12 nitrogen and oxygen atoms in total. The third kappa shape index (κ3) is 7.02. The first kappa shape index (κ1) is 32.0. The normalized spacial score (nSPS) is 10.0. The minimum absolute atomic E-state index is 0.840. The number of pyridine rings is 3. The van der Waals surface area contributed by atoms with Gasteiger partial charge in [-0.2, -0.15) is 0 Å². The van der Waals surface area contributed by atoms with Gasteiger partial charge in [0.1, 0.15) is 52.1 Å². The molecule has 0 aromatic carbocycles. The molecular formula is C33H36N12. The SMILES string of the molecule is CC.CC.CC.c1cnc2c(c1)[nH]c1cccnc12.c1cnc2c(c1)[nH]c1cncnc12.c1ncc2[nH]c3cncnc3c2n1. The van der Waals surface area contributed by atoms with Crippen LogP contribution in [0.4, 0.5) is 0 Å². The van der Waals surface area contributed by atoms with E-state index in [0.29, 0.717) is 0 Å². The highest BCUT2D eigenvalue weighted by molar-refractivity contribution is 6.03. The highest BCUT2D eigenvalue weighted by Crippen LogP contribution is 2.21. The topological polar surface area (TPSA) is 163 Å². The zero-order chi connectivity index (χ0) is 32.0. The number of aromatic amines is 3. The fraction of sp³-hybridized carbons (Fsp3) is 0.182. The maximum absolute atomic E-state index is 4.28. The standard InChI is InChI=1S/C10H7N3.C9H6N4.C8H5N5.3C2H6/c1-3-7-9(11-5-1)10-8(13-7)4-2-6-12-10;1-2-6-8(11-3-1)9-7(13-6)4-10-5-12-9;1-5-7(11-3-9-1)8-6(13-5)2-10-4-12-8;3*1-2/h1-6,13H;1-5,13H;1-4,13H;3*1-2H3. The van der Waals surface area contributed by atoms with E-state index in [1.165, 1.54) is 19.0 Å². The molecule has 12 heteroatoms. The third-order valence-electron chi connectivity index (χ3n) is 6.04. The van der Waals surface area contributed by atoms with E-state index in [0.717, 1.165) is 66.2 Å². The first-order valence-electron chi connectivity index (χ1n) is 14.9. The number of nitrogens with one attached hydrogen (secondary N) is 3. The van der Waals surface area contributed by atoms with Crippen LogP contribution in [0.5, 0.6) is 0 Å². The largest absolute Gasteiger partial charge is 0.352 e. The molecule has 45 heavy (non-hydrogen) atoms. The first-order chi connectivity index (χ1) is 22.3. The van der Waals surface area contributed by atoms with Gasteiger partial charge in [-0.15, -0.1) is 0 Å². The van der Waals surface area contributed by atoms with E-state index in [-0.39, 0.29) is 0 Å². The summed E-state index contributed by atoms with van der Waals surface area (Å²) in [6, 6.07) is 11.7. The van der Waals surface area contributed by atoms with Crippen LogP contribution in [0.3, 0.4) is 0 Å². The molecular weight excluding hydrogens is 564 g/mol. The van der Waals surface area contributed by atoms with Crippen LogP contribution in [0.25, 0.3) is 66.2 Å². The van der Waals surface area contributed by atoms with Gasteiger partial charge < -0.3 is 15.0 Å². The Hall–Kier alpha value is -5.91. The summed E-state index contributed by atoms with van der Waals surface area (Å²) in [5.74, 6) is 0. The Labute approximate surface area is 259 Å². The Bertz CT molecular complexity index is 1810. The second-order valence-electron chi connectivity index (χ2n) is 8.43. The lowest BCUT2D eigenvalue weighted by Gasteiger charge is -1.86. The minimum Gasteiger partial charge on any atom is -0.352 e. The van der Waals surface area contributed by atoms with Gasteiger partial charge in [0.25, 0.3) is 0 Å². The van der Waals surface area contributed by atoms with Crippen LogP contribution >= 0.6 is 0 Å². The number of fused-ring (bicyclic) bond motifs is 9. The van der Waals surface area contributed by atoms with Crippen LogP contribution in [0.15, 0.2) is 92.6 Å². The predicted octanol–water partition coefficient (Wildman–Crippen LogP) is 7.60. The molecule has 0 saturated heterocycles. The van der Waals surface area contributed by atoms with Gasteiger partial charge >= 0.3 is 0 Å². The molecule has 9 aromatic heterocycles. The third-order valence-corrected chi connectivity index (χ3v) is 6.04. The zero-order valence-electron chi connectivity index (χ0n) is 26.2. The van der Waals surface area contributed by atoms with Crippen molar-refractivity contribution in [3.8, 4) is 0 Å². The zero-order valence-corrected chi connectivity index (χ0v) is 26.2. The van der Waals surface area contributed by atoms with E-state index in [1.54, 1.807) is 37.2 Å². The molecule has 0 amide bonds. The summed E-state index contributed by atoms with van der Waals surface area (Å²) in [5, 5.41) is 0. The first-order valence-corrected chi connectivity index (χ1v) is 14.9. The van der Waals surface area contributed by atoms with Crippen molar-refractivity contribution in [3.05, 3.63) is 92.6 Å². The Morgan fingerprint density at radius 1 is 0.356 bits per heavy atom. The summed E-state index contributed by atoms with van der Waals surface area (Å²) in [6.45, 7) is 12.0. The Morgan fingerprint density at radius 2 is 0.622 bits per heavy atom. The summed E-state index contributed by atoms with van der Waals surface area (Å²) in [4.78, 5) is 46.6. The second-order valence-corrected chi connectivity index (χ2v) is 8.43. The van der Waals surface area contributed by atoms with Crippen molar-refractivity contribution in [2.45, 2.75) is 41.5 Å². The molecule has 0 spiro atoms. The number of rotatable bonds is 0. The predicted molar refractivity (Wildman–Crippen MR) is 182 cm³/mol. The van der Waals surface area contributed by atoms with Crippen LogP contribution in [0.2, 0.25) is 0 Å². The monoisotopic (exact) mass is 600 g/mol. The minimum atomic E-state index is 0.840. The number of nitrogens with zero attached hydrogens (tertiary/aromatic N) is 9. The van der Waals surface area contributed by atoms with Crippen molar-refractivity contribution in [1.29, 1.82) is 0 Å². The Morgan fingerprint density at radius 3 is 0.956 bits per heavy atom. The smallest absolute Gasteiger partial charge is 0.118 e. The van der Waals surface area contributed by atoms with Crippen molar-refractivity contribution in [2.75, 3.05) is 0 Å². The number of H-pyrrole nitrogens is 3. The van der Waals surface area contributed by atoms with Gasteiger partial charge in [-0.05, 0) is 36.4 Å². The average Bonchev–Trinajstić information content (AvgIpc) is 3.83. The van der Waals surface area contributed by atoms with Crippen LogP contribution in [0, 0.1) is 0 Å². The maximum atomic E-state index is 4.28. The summed E-state index contributed by atoms with van der Waals surface area (Å²) in [5.41, 5.74) is 11.1. The van der Waals surface area contributed by atoms with Crippen molar-refractivity contribution in [1.82, 2.24) is 59.8 Å². The molecule has 0 bridgehead atoms. The molecule has 0 radical (unpaired) electrons. The molecule has 228 valence electrons. The fourth-order valence-electron chi connectivity index (χ4n) is 4.35. The van der Waals surface area contributed by atoms with Crippen LogP contribution in [-0.4, -0.2) is 59.8 Å². The van der Waals surface area contributed by atoms with Gasteiger partial charge in [-0.25, -0.2) is 29.9 Å². The lowest BCUT2D eigenvalue weighted by Crippen LogP contribution is -1.78. The van der Waals surface area contributed by atoms with E-state index >= 15 is 0 Å². The molecule has 9 rings (SSSR count). The lowest BCUT2D eigenvalue weighted by atomic mass is 10.3. The number of hydrogen-bond donors (Lipinski definition) is 3. The average molecular weight is 601 g/mol. The van der Waals surface area contributed by atoms with E-state index in [4.69, 9.17) is 0 Å². The highest BCUT2D eigenvalue weighted by Gasteiger charge is 2.06. The van der Waals surface area contributed by atoms with E-state index in [1.807, 2.05) is 77.9 Å². The molecule has 9 aromatic rings. The van der Waals surface area contributed by atoms with E-state index < -0.39 is 0 Å². The van der Waals surface area contributed by atoms with Crippen LogP contribution < -0.4 is 0 Å². The Kier molecular flexibility index (Phi) is 11.4. The van der Waals surface area contributed by atoms with Gasteiger partial charge in [-0.1, -0.05) is 41.5 Å². The van der Waals surface area contributed by atoms with Crippen LogP contribution in [0.1, 0.15) is 41.5 Å². The van der Waals surface area contributed by atoms with Gasteiger partial charge in [0.05, 0.1) is 51.7 Å². The summed E-state index contributed by atoms with van der Waals surface area (Å²) in [6.07, 6.45) is 15.1. The van der Waals surface area contributed by atoms with Crippen molar-refractivity contribution in [2.24, 2.45) is 0 Å². The summed E-state index contributed by atoms with van der Waals surface area (Å²) in [7, 11) is 0. The lowest BCUT2D eigenvalue weighted by molar-refractivity contribution is 1.21. The molecule has 0 aliphatic carbocycles. The van der Waals surface area contributed by atoms with Gasteiger partial charge in [-0.3, -0.25) is 15.0 Å². The molecule has 0 fully saturated rings.